The van der Waals surface area contributed by atoms with Gasteiger partial charge in [0.05, 0.1) is 11.0 Å². The van der Waals surface area contributed by atoms with E-state index in [2.05, 4.69) is 102 Å². The number of aryl methyl sites for hydroxylation is 1. The first kappa shape index (κ1) is 15.8. The normalized spacial score (nSPS) is 11.3. The predicted molar refractivity (Wildman–Crippen MR) is 113 cm³/mol. The second-order valence-electron chi connectivity index (χ2n) is 7.00. The van der Waals surface area contributed by atoms with Gasteiger partial charge < -0.3 is 0 Å². The van der Waals surface area contributed by atoms with Crippen LogP contribution in [0.2, 0.25) is 0 Å². The van der Waals surface area contributed by atoms with Gasteiger partial charge in [0.2, 0.25) is 0 Å². The van der Waals surface area contributed by atoms with Crippen LogP contribution in [0.4, 0.5) is 0 Å². The van der Waals surface area contributed by atoms with Crippen LogP contribution in [-0.2, 0) is 6.42 Å². The van der Waals surface area contributed by atoms with Crippen molar-refractivity contribution in [2.75, 3.05) is 0 Å². The maximum atomic E-state index is 4.98. The molecule has 1 heterocycles. The SMILES string of the molecule is Cc1ccc(-n2c(Cc3cccc4ccccc34)nc3ccccc32)cc1. The summed E-state index contributed by atoms with van der Waals surface area (Å²) in [5, 5.41) is 2.57. The summed E-state index contributed by atoms with van der Waals surface area (Å²) in [6.45, 7) is 2.12. The molecule has 130 valence electrons. The van der Waals surface area contributed by atoms with Crippen LogP contribution in [-0.4, -0.2) is 9.55 Å². The summed E-state index contributed by atoms with van der Waals surface area (Å²) in [5.41, 5.74) is 5.91. The molecule has 0 radical (unpaired) electrons. The molecular formula is C25H20N2. The van der Waals surface area contributed by atoms with E-state index in [1.54, 1.807) is 0 Å². The zero-order valence-corrected chi connectivity index (χ0v) is 15.3. The topological polar surface area (TPSA) is 17.8 Å². The first-order valence-corrected chi connectivity index (χ1v) is 9.30. The van der Waals surface area contributed by atoms with Crippen molar-refractivity contribution in [1.29, 1.82) is 0 Å². The molecule has 0 spiro atoms. The van der Waals surface area contributed by atoms with Gasteiger partial charge in [-0.25, -0.2) is 4.98 Å². The smallest absolute Gasteiger partial charge is 0.118 e. The number of hydrogen-bond acceptors (Lipinski definition) is 1. The summed E-state index contributed by atoms with van der Waals surface area (Å²) >= 11 is 0. The number of fused-ring (bicyclic) bond motifs is 2. The van der Waals surface area contributed by atoms with Crippen molar-refractivity contribution in [2.45, 2.75) is 13.3 Å². The molecule has 0 aliphatic carbocycles. The first-order valence-electron chi connectivity index (χ1n) is 9.30. The minimum absolute atomic E-state index is 0.796. The molecule has 0 aliphatic heterocycles. The van der Waals surface area contributed by atoms with Gasteiger partial charge in [-0.3, -0.25) is 4.57 Å². The number of hydrogen-bond donors (Lipinski definition) is 0. The molecule has 2 heteroatoms. The van der Waals surface area contributed by atoms with Gasteiger partial charge in [0.15, 0.2) is 0 Å². The third-order valence-corrected chi connectivity index (χ3v) is 5.15. The quantitative estimate of drug-likeness (QED) is 0.386. The van der Waals surface area contributed by atoms with Crippen LogP contribution in [0.3, 0.4) is 0 Å². The second-order valence-corrected chi connectivity index (χ2v) is 7.00. The number of rotatable bonds is 3. The van der Waals surface area contributed by atoms with Crippen LogP contribution in [0.5, 0.6) is 0 Å². The molecule has 2 nitrogen and oxygen atoms in total. The molecule has 0 bridgehead atoms. The fourth-order valence-corrected chi connectivity index (χ4v) is 3.79. The van der Waals surface area contributed by atoms with Crippen molar-refractivity contribution in [3.63, 3.8) is 0 Å². The standard InChI is InChI=1S/C25H20N2/c1-18-13-15-21(16-14-18)27-24-12-5-4-11-23(24)26-25(27)17-20-9-6-8-19-7-2-3-10-22(19)20/h2-16H,17H2,1H3. The number of imidazole rings is 1. The lowest BCUT2D eigenvalue weighted by Gasteiger charge is -2.11. The van der Waals surface area contributed by atoms with Gasteiger partial charge in [-0.15, -0.1) is 0 Å². The second kappa shape index (κ2) is 6.40. The van der Waals surface area contributed by atoms with Gasteiger partial charge >= 0.3 is 0 Å². The molecule has 0 saturated heterocycles. The maximum Gasteiger partial charge on any atom is 0.118 e. The van der Waals surface area contributed by atoms with Crippen LogP contribution in [0.15, 0.2) is 91.0 Å². The first-order chi connectivity index (χ1) is 13.3. The molecule has 4 aromatic carbocycles. The van der Waals surface area contributed by atoms with Gasteiger partial charge in [0, 0.05) is 12.1 Å². The highest BCUT2D eigenvalue weighted by atomic mass is 15.1. The fourth-order valence-electron chi connectivity index (χ4n) is 3.79. The highest BCUT2D eigenvalue weighted by molar-refractivity contribution is 5.86. The van der Waals surface area contributed by atoms with Gasteiger partial charge in [-0.05, 0) is 47.5 Å². The van der Waals surface area contributed by atoms with E-state index in [1.807, 2.05) is 0 Å². The van der Waals surface area contributed by atoms with E-state index in [-0.39, 0.29) is 0 Å². The summed E-state index contributed by atoms with van der Waals surface area (Å²) in [7, 11) is 0. The van der Waals surface area contributed by atoms with E-state index in [9.17, 15) is 0 Å². The lowest BCUT2D eigenvalue weighted by molar-refractivity contribution is 0.936. The Morgan fingerprint density at radius 2 is 1.48 bits per heavy atom. The Labute approximate surface area is 158 Å². The monoisotopic (exact) mass is 348 g/mol. The highest BCUT2D eigenvalue weighted by Crippen LogP contribution is 2.26. The van der Waals surface area contributed by atoms with Crippen LogP contribution >= 0.6 is 0 Å². The Hall–Kier alpha value is -3.39. The van der Waals surface area contributed by atoms with Crippen molar-refractivity contribution < 1.29 is 0 Å². The number of benzene rings is 4. The van der Waals surface area contributed by atoms with E-state index < -0.39 is 0 Å². The lowest BCUT2D eigenvalue weighted by Crippen LogP contribution is -2.03. The van der Waals surface area contributed by atoms with E-state index in [4.69, 9.17) is 4.98 Å². The minimum atomic E-state index is 0.796. The van der Waals surface area contributed by atoms with Gasteiger partial charge in [0.25, 0.3) is 0 Å². The maximum absolute atomic E-state index is 4.98. The summed E-state index contributed by atoms with van der Waals surface area (Å²) < 4.78 is 2.29. The summed E-state index contributed by atoms with van der Waals surface area (Å²) in [4.78, 5) is 4.98. The lowest BCUT2D eigenvalue weighted by atomic mass is 10.0. The number of para-hydroxylation sites is 2. The van der Waals surface area contributed by atoms with Crippen LogP contribution in [0.1, 0.15) is 17.0 Å². The molecule has 0 unspecified atom stereocenters. The molecule has 0 N–H and O–H groups in total. The largest absolute Gasteiger partial charge is 0.296 e. The Balaban J connectivity index is 1.71. The van der Waals surface area contributed by atoms with Crippen molar-refractivity contribution in [3.8, 4) is 5.69 Å². The molecule has 1 aromatic heterocycles. The highest BCUT2D eigenvalue weighted by Gasteiger charge is 2.13. The predicted octanol–water partition coefficient (Wildman–Crippen LogP) is 6.08. The molecule has 5 rings (SSSR count). The molecule has 0 saturated carbocycles. The molecule has 5 aromatic rings. The fraction of sp³-hybridized carbons (Fsp3) is 0.0800. The summed E-state index contributed by atoms with van der Waals surface area (Å²) in [6, 6.07) is 32.1. The summed E-state index contributed by atoms with van der Waals surface area (Å²) in [5.74, 6) is 1.07. The van der Waals surface area contributed by atoms with Crippen molar-refractivity contribution in [3.05, 3.63) is 108 Å². The Bertz CT molecular complexity index is 1240. The van der Waals surface area contributed by atoms with Crippen LogP contribution in [0.25, 0.3) is 27.5 Å². The van der Waals surface area contributed by atoms with Crippen molar-refractivity contribution in [2.24, 2.45) is 0 Å². The molecule has 0 amide bonds. The zero-order chi connectivity index (χ0) is 18.2. The Morgan fingerprint density at radius 1 is 0.741 bits per heavy atom. The average Bonchev–Trinajstić information content (AvgIpc) is 3.07. The number of aromatic nitrogens is 2. The Morgan fingerprint density at radius 3 is 2.37 bits per heavy atom. The average molecular weight is 348 g/mol. The molecule has 0 aliphatic rings. The Kier molecular flexibility index (Phi) is 3.75. The van der Waals surface area contributed by atoms with E-state index in [0.717, 1.165) is 29.0 Å². The molecule has 0 fully saturated rings. The van der Waals surface area contributed by atoms with Crippen LogP contribution < -0.4 is 0 Å². The molecule has 0 atom stereocenters. The van der Waals surface area contributed by atoms with E-state index >= 15 is 0 Å². The van der Waals surface area contributed by atoms with Gasteiger partial charge in [-0.1, -0.05) is 72.3 Å². The molecular weight excluding hydrogens is 328 g/mol. The van der Waals surface area contributed by atoms with Crippen LogP contribution in [0, 0.1) is 6.92 Å². The molecule has 27 heavy (non-hydrogen) atoms. The third kappa shape index (κ3) is 2.80. The van der Waals surface area contributed by atoms with E-state index in [0.29, 0.717) is 0 Å². The summed E-state index contributed by atoms with van der Waals surface area (Å²) in [6.07, 6.45) is 0.796. The number of nitrogens with zero attached hydrogens (tertiary/aromatic N) is 2. The van der Waals surface area contributed by atoms with Crippen molar-refractivity contribution in [1.82, 2.24) is 9.55 Å². The third-order valence-electron chi connectivity index (χ3n) is 5.15. The van der Waals surface area contributed by atoms with Crippen molar-refractivity contribution >= 4 is 21.8 Å². The van der Waals surface area contributed by atoms with E-state index in [1.165, 1.54) is 21.9 Å². The zero-order valence-electron chi connectivity index (χ0n) is 15.3. The minimum Gasteiger partial charge on any atom is -0.296 e. The van der Waals surface area contributed by atoms with Gasteiger partial charge in [0.1, 0.15) is 5.82 Å². The van der Waals surface area contributed by atoms with Gasteiger partial charge in [-0.2, -0.15) is 0 Å².